The lowest BCUT2D eigenvalue weighted by atomic mass is 9.92. The SMILES string of the molecule is CCS(=O)(=O)c1ccc([C@@H](CO)c2nc(N3CC(c4ccc(C(F)(F)F)cc4)C[C@H]3C(=O)NOC)ccc2C(N)=O)cc1. The number of hydrogen-bond acceptors (Lipinski definition) is 8. The van der Waals surface area contributed by atoms with E-state index in [1.807, 2.05) is 0 Å². The zero-order valence-corrected chi connectivity index (χ0v) is 24.2. The Balaban J connectivity index is 1.74. The van der Waals surface area contributed by atoms with Crippen LogP contribution >= 0.6 is 0 Å². The van der Waals surface area contributed by atoms with Crippen LogP contribution in [0, 0.1) is 0 Å². The molecule has 0 spiro atoms. The molecule has 3 aromatic rings. The molecule has 0 bridgehead atoms. The van der Waals surface area contributed by atoms with Gasteiger partial charge < -0.3 is 15.7 Å². The van der Waals surface area contributed by atoms with Crippen LogP contribution in [0.2, 0.25) is 0 Å². The quantitative estimate of drug-likeness (QED) is 0.293. The second kappa shape index (κ2) is 12.7. The molecule has 2 amide bonds. The lowest BCUT2D eigenvalue weighted by Crippen LogP contribution is -2.43. The number of nitrogens with zero attached hydrogens (tertiary/aromatic N) is 2. The standard InChI is InChI=1S/C29H31F3N4O6S/c1-3-43(40,41)21-10-6-18(7-11-21)23(16-37)26-22(27(33)38)12-13-25(34-26)36-15-19(14-24(36)28(39)35-42-2)17-4-8-20(9-5-17)29(30,31)32/h4-13,19,23-24,37H,3,14-16H2,1-2H3,(H2,33,38)(H,35,39)/t19?,23-,24+/m1/s1. The van der Waals surface area contributed by atoms with Gasteiger partial charge in [0.15, 0.2) is 9.84 Å². The number of nitrogens with two attached hydrogens (primary N) is 1. The lowest BCUT2D eigenvalue weighted by molar-refractivity contribution is -0.137. The molecule has 0 radical (unpaired) electrons. The number of primary amides is 1. The third kappa shape index (κ3) is 6.81. The van der Waals surface area contributed by atoms with Crippen LogP contribution in [0.4, 0.5) is 19.0 Å². The van der Waals surface area contributed by atoms with Gasteiger partial charge in [0, 0.05) is 12.5 Å². The number of nitrogens with one attached hydrogen (secondary N) is 1. The van der Waals surface area contributed by atoms with Gasteiger partial charge in [0.2, 0.25) is 0 Å². The van der Waals surface area contributed by atoms with Crippen LogP contribution in [0.1, 0.15) is 57.9 Å². The van der Waals surface area contributed by atoms with Crippen LogP contribution in [-0.4, -0.2) is 62.4 Å². The molecule has 1 saturated heterocycles. The summed E-state index contributed by atoms with van der Waals surface area (Å²) in [5.74, 6) is -2.37. The highest BCUT2D eigenvalue weighted by Crippen LogP contribution is 2.38. The van der Waals surface area contributed by atoms with Gasteiger partial charge in [0.1, 0.15) is 11.9 Å². The van der Waals surface area contributed by atoms with Gasteiger partial charge in [-0.25, -0.2) is 18.9 Å². The zero-order valence-electron chi connectivity index (χ0n) is 23.3. The summed E-state index contributed by atoms with van der Waals surface area (Å²) in [6, 6.07) is 12.7. The first kappa shape index (κ1) is 31.9. The van der Waals surface area contributed by atoms with E-state index < -0.39 is 52.0 Å². The number of alkyl halides is 3. The number of aromatic nitrogens is 1. The Labute approximate surface area is 246 Å². The van der Waals surface area contributed by atoms with Crippen molar-refractivity contribution in [3.63, 3.8) is 0 Å². The number of halogens is 3. The van der Waals surface area contributed by atoms with Gasteiger partial charge in [-0.05, 0) is 53.9 Å². The average molecular weight is 621 g/mol. The molecule has 0 aliphatic carbocycles. The minimum absolute atomic E-state index is 0.0180. The molecule has 2 heterocycles. The molecule has 1 aromatic heterocycles. The van der Waals surface area contributed by atoms with E-state index in [1.54, 1.807) is 4.90 Å². The van der Waals surface area contributed by atoms with Crippen LogP contribution in [0.5, 0.6) is 0 Å². The van der Waals surface area contributed by atoms with Gasteiger partial charge in [-0.15, -0.1) is 0 Å². The van der Waals surface area contributed by atoms with E-state index in [1.165, 1.54) is 62.6 Å². The van der Waals surface area contributed by atoms with Crippen molar-refractivity contribution in [2.75, 3.05) is 30.9 Å². The average Bonchev–Trinajstić information content (AvgIpc) is 3.43. The first-order valence-corrected chi connectivity index (χ1v) is 15.0. The number of aliphatic hydroxyl groups excluding tert-OH is 1. The number of pyridine rings is 1. The number of aliphatic hydroxyl groups is 1. The van der Waals surface area contributed by atoms with Crippen molar-refractivity contribution in [1.82, 2.24) is 10.5 Å². The van der Waals surface area contributed by atoms with E-state index in [4.69, 9.17) is 10.6 Å². The lowest BCUT2D eigenvalue weighted by Gasteiger charge is -2.26. The van der Waals surface area contributed by atoms with E-state index in [9.17, 15) is 36.3 Å². The number of carbonyl (C=O) groups excluding carboxylic acids is 2. The van der Waals surface area contributed by atoms with Gasteiger partial charge in [-0.1, -0.05) is 31.2 Å². The zero-order chi connectivity index (χ0) is 31.5. The molecule has 43 heavy (non-hydrogen) atoms. The fourth-order valence-corrected chi connectivity index (χ4v) is 6.10. The number of benzene rings is 2. The molecule has 1 unspecified atom stereocenters. The summed E-state index contributed by atoms with van der Waals surface area (Å²) < 4.78 is 63.8. The molecule has 1 fully saturated rings. The fraction of sp³-hybridized carbons (Fsp3) is 0.345. The maximum Gasteiger partial charge on any atom is 0.416 e. The topological polar surface area (TPSA) is 152 Å². The second-order valence-corrected chi connectivity index (χ2v) is 12.3. The van der Waals surface area contributed by atoms with Gasteiger partial charge in [-0.3, -0.25) is 14.4 Å². The van der Waals surface area contributed by atoms with Crippen LogP contribution in [0.3, 0.4) is 0 Å². The number of amides is 2. The van der Waals surface area contributed by atoms with Crippen LogP contribution in [0.15, 0.2) is 65.6 Å². The van der Waals surface area contributed by atoms with E-state index in [-0.39, 0.29) is 46.6 Å². The fourth-order valence-electron chi connectivity index (χ4n) is 5.21. The predicted octanol–water partition coefficient (Wildman–Crippen LogP) is 3.16. The summed E-state index contributed by atoms with van der Waals surface area (Å²) in [4.78, 5) is 36.6. The molecular formula is C29H31F3N4O6S. The summed E-state index contributed by atoms with van der Waals surface area (Å²) >= 11 is 0. The van der Waals surface area contributed by atoms with E-state index in [2.05, 4.69) is 10.5 Å². The molecule has 4 N–H and O–H groups in total. The summed E-state index contributed by atoms with van der Waals surface area (Å²) in [6.07, 6.45) is -4.26. The van der Waals surface area contributed by atoms with Crippen molar-refractivity contribution in [3.05, 3.63) is 88.6 Å². The van der Waals surface area contributed by atoms with Crippen molar-refractivity contribution in [2.24, 2.45) is 5.73 Å². The molecule has 2 aromatic carbocycles. The number of hydrogen-bond donors (Lipinski definition) is 3. The highest BCUT2D eigenvalue weighted by Gasteiger charge is 2.39. The van der Waals surface area contributed by atoms with Gasteiger partial charge in [-0.2, -0.15) is 13.2 Å². The second-order valence-electron chi connectivity index (χ2n) is 10.1. The normalized spacial score (nSPS) is 18.0. The predicted molar refractivity (Wildman–Crippen MR) is 151 cm³/mol. The Morgan fingerprint density at radius 1 is 1.12 bits per heavy atom. The Morgan fingerprint density at radius 3 is 2.30 bits per heavy atom. The number of sulfone groups is 1. The first-order chi connectivity index (χ1) is 20.3. The maximum atomic E-state index is 13.1. The number of rotatable bonds is 10. The Morgan fingerprint density at radius 2 is 1.77 bits per heavy atom. The smallest absolute Gasteiger partial charge is 0.395 e. The molecule has 4 rings (SSSR count). The minimum atomic E-state index is -4.49. The van der Waals surface area contributed by atoms with Crippen molar-refractivity contribution < 1.29 is 41.1 Å². The van der Waals surface area contributed by atoms with Crippen molar-refractivity contribution >= 4 is 27.5 Å². The van der Waals surface area contributed by atoms with E-state index in [0.29, 0.717) is 11.1 Å². The Bertz CT molecular complexity index is 1580. The summed E-state index contributed by atoms with van der Waals surface area (Å²) in [5.41, 5.74) is 8.33. The van der Waals surface area contributed by atoms with Gasteiger partial charge >= 0.3 is 6.18 Å². The summed E-state index contributed by atoms with van der Waals surface area (Å²) in [5, 5.41) is 10.4. The van der Waals surface area contributed by atoms with Crippen molar-refractivity contribution in [1.29, 1.82) is 0 Å². The third-order valence-electron chi connectivity index (χ3n) is 7.52. The third-order valence-corrected chi connectivity index (χ3v) is 9.27. The highest BCUT2D eigenvalue weighted by atomic mass is 32.2. The number of anilines is 1. The minimum Gasteiger partial charge on any atom is -0.395 e. The van der Waals surface area contributed by atoms with Gasteiger partial charge in [0.25, 0.3) is 11.8 Å². The molecule has 230 valence electrons. The van der Waals surface area contributed by atoms with E-state index in [0.717, 1.165) is 12.1 Å². The molecule has 3 atom stereocenters. The molecule has 1 aliphatic heterocycles. The summed E-state index contributed by atoms with van der Waals surface area (Å²) in [7, 11) is -2.20. The number of carbonyl (C=O) groups is 2. The molecule has 10 nitrogen and oxygen atoms in total. The van der Waals surface area contributed by atoms with Crippen molar-refractivity contribution in [2.45, 2.75) is 42.3 Å². The Kier molecular flexibility index (Phi) is 9.42. The number of hydroxylamine groups is 1. The molecule has 0 saturated carbocycles. The van der Waals surface area contributed by atoms with Gasteiger partial charge in [0.05, 0.1) is 47.1 Å². The Hall–Kier alpha value is -4.01. The van der Waals surface area contributed by atoms with E-state index >= 15 is 0 Å². The molecule has 1 aliphatic rings. The monoisotopic (exact) mass is 620 g/mol. The summed E-state index contributed by atoms with van der Waals surface area (Å²) in [6.45, 7) is 1.22. The van der Waals surface area contributed by atoms with Crippen LogP contribution in [0.25, 0.3) is 0 Å². The largest absolute Gasteiger partial charge is 0.416 e. The van der Waals surface area contributed by atoms with Crippen LogP contribution < -0.4 is 16.1 Å². The van der Waals surface area contributed by atoms with Crippen LogP contribution in [-0.2, 0) is 25.6 Å². The molecule has 14 heteroatoms. The molecular weight excluding hydrogens is 589 g/mol. The highest BCUT2D eigenvalue weighted by molar-refractivity contribution is 7.91. The maximum absolute atomic E-state index is 13.1. The van der Waals surface area contributed by atoms with Crippen molar-refractivity contribution in [3.8, 4) is 0 Å². The first-order valence-electron chi connectivity index (χ1n) is 13.3.